The third kappa shape index (κ3) is 5.54. The van der Waals surface area contributed by atoms with E-state index in [0.717, 1.165) is 12.1 Å². The van der Waals surface area contributed by atoms with Crippen molar-refractivity contribution in [3.05, 3.63) is 28.8 Å². The van der Waals surface area contributed by atoms with E-state index in [4.69, 9.17) is 17.3 Å². The molecule has 0 bridgehead atoms. The van der Waals surface area contributed by atoms with Gasteiger partial charge in [-0.3, -0.25) is 0 Å². The largest absolute Gasteiger partial charge is 0.417 e. The lowest BCUT2D eigenvalue weighted by molar-refractivity contribution is -0.137. The van der Waals surface area contributed by atoms with Gasteiger partial charge in [0.05, 0.1) is 10.6 Å². The molecular formula is C10H12Cl2F3N3O. The van der Waals surface area contributed by atoms with Crippen LogP contribution in [-0.2, 0) is 6.18 Å². The van der Waals surface area contributed by atoms with Gasteiger partial charge >= 0.3 is 12.2 Å². The Labute approximate surface area is 118 Å². The summed E-state index contributed by atoms with van der Waals surface area (Å²) in [6.07, 6.45) is -4.57. The number of nitrogens with two attached hydrogens (primary N) is 1. The first-order chi connectivity index (χ1) is 8.34. The lowest BCUT2D eigenvalue weighted by Crippen LogP contribution is -2.32. The van der Waals surface area contributed by atoms with Gasteiger partial charge in [-0.25, -0.2) is 4.79 Å². The Hall–Kier alpha value is -1.18. The molecule has 4 N–H and O–H groups in total. The minimum atomic E-state index is -4.57. The number of carbonyl (C=O) groups excluding carboxylic acids is 1. The van der Waals surface area contributed by atoms with Crippen molar-refractivity contribution in [2.75, 3.05) is 18.4 Å². The number of halogens is 5. The lowest BCUT2D eigenvalue weighted by Gasteiger charge is -2.12. The maximum absolute atomic E-state index is 12.5. The van der Waals surface area contributed by atoms with Crippen molar-refractivity contribution in [3.8, 4) is 0 Å². The zero-order valence-electron chi connectivity index (χ0n) is 9.55. The topological polar surface area (TPSA) is 67.1 Å². The molecule has 0 spiro atoms. The molecule has 0 aromatic heterocycles. The van der Waals surface area contributed by atoms with Gasteiger partial charge in [0.15, 0.2) is 0 Å². The smallest absolute Gasteiger partial charge is 0.337 e. The highest BCUT2D eigenvalue weighted by Gasteiger charge is 2.33. The number of alkyl halides is 3. The van der Waals surface area contributed by atoms with Crippen LogP contribution in [0.25, 0.3) is 0 Å². The Bertz CT molecular complexity index is 441. The lowest BCUT2D eigenvalue weighted by atomic mass is 10.2. The molecule has 0 heterocycles. The number of rotatable bonds is 3. The van der Waals surface area contributed by atoms with Crippen LogP contribution in [0.5, 0.6) is 0 Å². The molecule has 1 rings (SSSR count). The molecule has 108 valence electrons. The third-order valence-electron chi connectivity index (χ3n) is 1.96. The molecule has 0 fully saturated rings. The highest BCUT2D eigenvalue weighted by Crippen LogP contribution is 2.36. The molecule has 2 amide bonds. The molecule has 19 heavy (non-hydrogen) atoms. The monoisotopic (exact) mass is 317 g/mol. The maximum Gasteiger partial charge on any atom is 0.417 e. The summed E-state index contributed by atoms with van der Waals surface area (Å²) in [4.78, 5) is 11.2. The number of benzene rings is 1. The molecule has 0 saturated carbocycles. The summed E-state index contributed by atoms with van der Waals surface area (Å²) in [7, 11) is 0. The molecule has 4 nitrogen and oxygen atoms in total. The average Bonchev–Trinajstić information content (AvgIpc) is 2.27. The Morgan fingerprint density at radius 3 is 2.53 bits per heavy atom. The first-order valence-electron chi connectivity index (χ1n) is 4.96. The van der Waals surface area contributed by atoms with E-state index in [-0.39, 0.29) is 31.2 Å². The summed E-state index contributed by atoms with van der Waals surface area (Å²) in [5.74, 6) is 0. The van der Waals surface area contributed by atoms with E-state index in [9.17, 15) is 18.0 Å². The normalized spacial score (nSPS) is 10.6. The van der Waals surface area contributed by atoms with Crippen LogP contribution in [-0.4, -0.2) is 19.1 Å². The maximum atomic E-state index is 12.5. The number of nitrogens with one attached hydrogen (secondary N) is 2. The van der Waals surface area contributed by atoms with Crippen molar-refractivity contribution < 1.29 is 18.0 Å². The highest BCUT2D eigenvalue weighted by atomic mass is 35.5. The molecule has 0 saturated heterocycles. The quantitative estimate of drug-likeness (QED) is 0.802. The highest BCUT2D eigenvalue weighted by molar-refractivity contribution is 6.31. The van der Waals surface area contributed by atoms with Gasteiger partial charge in [-0.2, -0.15) is 13.2 Å². The minimum absolute atomic E-state index is 0. The number of carbonyl (C=O) groups is 1. The van der Waals surface area contributed by atoms with E-state index in [0.29, 0.717) is 0 Å². The summed E-state index contributed by atoms with van der Waals surface area (Å²) in [5.41, 5.74) is 4.16. The summed E-state index contributed by atoms with van der Waals surface area (Å²) >= 11 is 5.44. The fraction of sp³-hybridized carbons (Fsp3) is 0.300. The van der Waals surface area contributed by atoms with E-state index in [2.05, 4.69) is 10.6 Å². The SMILES string of the molecule is Cl.NCCNC(=O)Nc1ccc(Cl)c(C(F)(F)F)c1. The fourth-order valence-corrected chi connectivity index (χ4v) is 1.41. The first kappa shape index (κ1) is 17.8. The zero-order valence-corrected chi connectivity index (χ0v) is 11.1. The van der Waals surface area contributed by atoms with Crippen LogP contribution in [0.1, 0.15) is 5.56 Å². The van der Waals surface area contributed by atoms with Crippen molar-refractivity contribution in [1.82, 2.24) is 5.32 Å². The first-order valence-corrected chi connectivity index (χ1v) is 5.34. The average molecular weight is 318 g/mol. The molecule has 0 aliphatic rings. The van der Waals surface area contributed by atoms with Gasteiger partial charge in [0.25, 0.3) is 0 Å². The van der Waals surface area contributed by atoms with Crippen LogP contribution in [0.4, 0.5) is 23.7 Å². The van der Waals surface area contributed by atoms with Crippen LogP contribution in [0.15, 0.2) is 18.2 Å². The van der Waals surface area contributed by atoms with Gasteiger partial charge in [-0.1, -0.05) is 11.6 Å². The summed E-state index contributed by atoms with van der Waals surface area (Å²) < 4.78 is 37.6. The van der Waals surface area contributed by atoms with E-state index < -0.39 is 22.8 Å². The van der Waals surface area contributed by atoms with Gasteiger partial charge in [-0.15, -0.1) is 12.4 Å². The van der Waals surface area contributed by atoms with Crippen LogP contribution in [0.3, 0.4) is 0 Å². The Kier molecular flexibility index (Phi) is 6.96. The van der Waals surface area contributed by atoms with Gasteiger partial charge in [-0.05, 0) is 18.2 Å². The van der Waals surface area contributed by atoms with Crippen molar-refractivity contribution >= 4 is 35.7 Å². The summed E-state index contributed by atoms with van der Waals surface area (Å²) in [5, 5.41) is 4.20. The molecular weight excluding hydrogens is 306 g/mol. The van der Waals surface area contributed by atoms with Crippen molar-refractivity contribution in [2.45, 2.75) is 6.18 Å². The van der Waals surface area contributed by atoms with Crippen LogP contribution in [0.2, 0.25) is 5.02 Å². The summed E-state index contributed by atoms with van der Waals surface area (Å²) in [6, 6.07) is 2.49. The van der Waals surface area contributed by atoms with E-state index >= 15 is 0 Å². The van der Waals surface area contributed by atoms with Gasteiger partial charge in [0, 0.05) is 18.8 Å². The predicted molar refractivity (Wildman–Crippen MR) is 69.8 cm³/mol. The van der Waals surface area contributed by atoms with Gasteiger partial charge < -0.3 is 16.4 Å². The van der Waals surface area contributed by atoms with Crippen LogP contribution in [0, 0.1) is 0 Å². The van der Waals surface area contributed by atoms with Crippen molar-refractivity contribution in [2.24, 2.45) is 5.73 Å². The Morgan fingerprint density at radius 2 is 2.00 bits per heavy atom. The minimum Gasteiger partial charge on any atom is -0.337 e. The summed E-state index contributed by atoms with van der Waals surface area (Å²) in [6.45, 7) is 0.466. The number of amides is 2. The molecule has 0 atom stereocenters. The Morgan fingerprint density at radius 1 is 1.37 bits per heavy atom. The van der Waals surface area contributed by atoms with Crippen LogP contribution < -0.4 is 16.4 Å². The molecule has 0 radical (unpaired) electrons. The number of anilines is 1. The van der Waals surface area contributed by atoms with Gasteiger partial charge in [0.2, 0.25) is 0 Å². The predicted octanol–water partition coefficient (Wildman–Crippen LogP) is 2.86. The molecule has 0 aliphatic carbocycles. The second kappa shape index (κ2) is 7.42. The van der Waals surface area contributed by atoms with E-state index in [1.165, 1.54) is 6.07 Å². The molecule has 1 aromatic rings. The second-order valence-corrected chi connectivity index (χ2v) is 3.77. The number of urea groups is 1. The Balaban J connectivity index is 0.00000324. The van der Waals surface area contributed by atoms with Crippen molar-refractivity contribution in [3.63, 3.8) is 0 Å². The molecule has 1 aromatic carbocycles. The standard InChI is InChI=1S/C10H11ClF3N3O.ClH/c11-8-2-1-6(5-7(8)10(12,13)14)17-9(18)16-4-3-15;/h1-2,5H,3-4,15H2,(H2,16,17,18);1H. The third-order valence-corrected chi connectivity index (χ3v) is 2.29. The van der Waals surface area contributed by atoms with Crippen molar-refractivity contribution in [1.29, 1.82) is 0 Å². The molecule has 0 unspecified atom stereocenters. The van der Waals surface area contributed by atoms with Crippen LogP contribution >= 0.6 is 24.0 Å². The molecule has 0 aliphatic heterocycles. The zero-order chi connectivity index (χ0) is 13.8. The van der Waals surface area contributed by atoms with E-state index in [1.807, 2.05) is 0 Å². The molecule has 9 heteroatoms. The number of hydrogen-bond donors (Lipinski definition) is 3. The fourth-order valence-electron chi connectivity index (χ4n) is 1.18. The van der Waals surface area contributed by atoms with Gasteiger partial charge in [0.1, 0.15) is 0 Å². The second-order valence-electron chi connectivity index (χ2n) is 3.36. The number of hydrogen-bond acceptors (Lipinski definition) is 2. The van der Waals surface area contributed by atoms with E-state index in [1.54, 1.807) is 0 Å².